The molecule has 2 fully saturated rings. The van der Waals surface area contributed by atoms with Gasteiger partial charge < -0.3 is 9.47 Å². The highest BCUT2D eigenvalue weighted by Crippen LogP contribution is 2.48. The number of ketones is 1. The first-order chi connectivity index (χ1) is 21.6. The first kappa shape index (κ1) is 31.0. The van der Waals surface area contributed by atoms with E-state index in [1.54, 1.807) is 111 Å². The molecule has 0 N–H and O–H groups in total. The summed E-state index contributed by atoms with van der Waals surface area (Å²) in [6, 6.07) is 28.0. The SMILES string of the molecule is COc1ccc(C2C[C@H]3[C@@H](CN2S(=O)(=O)c2ccccc2)C(=O)CC(c2ccc(OC)cc2)N3S(=O)(=O)c2ccccc2)cc1. The number of ether oxygens (including phenoxy) is 2. The van der Waals surface area contributed by atoms with Gasteiger partial charge in [-0.3, -0.25) is 4.79 Å². The first-order valence-corrected chi connectivity index (χ1v) is 17.5. The molecule has 4 aromatic carbocycles. The van der Waals surface area contributed by atoms with Crippen LogP contribution in [0.3, 0.4) is 0 Å². The molecule has 4 aromatic rings. The van der Waals surface area contributed by atoms with Crippen molar-refractivity contribution in [2.45, 2.75) is 40.8 Å². The second-order valence-electron chi connectivity index (χ2n) is 11.2. The van der Waals surface area contributed by atoms with E-state index < -0.39 is 44.1 Å². The number of methoxy groups -OCH3 is 2. The molecular formula is C34H34N2O7S2. The van der Waals surface area contributed by atoms with Crippen molar-refractivity contribution in [2.24, 2.45) is 5.92 Å². The topological polar surface area (TPSA) is 110 Å². The number of fused-ring (bicyclic) bond motifs is 1. The van der Waals surface area contributed by atoms with Crippen molar-refractivity contribution in [3.63, 3.8) is 0 Å². The van der Waals surface area contributed by atoms with Crippen molar-refractivity contribution in [1.82, 2.24) is 8.61 Å². The van der Waals surface area contributed by atoms with Gasteiger partial charge in [0, 0.05) is 24.9 Å². The number of sulfonamides is 2. The summed E-state index contributed by atoms with van der Waals surface area (Å²) < 4.78 is 70.9. The fraction of sp³-hybridized carbons (Fsp3) is 0.265. The van der Waals surface area contributed by atoms with Gasteiger partial charge in [-0.1, -0.05) is 60.7 Å². The van der Waals surface area contributed by atoms with Gasteiger partial charge in [0.05, 0.1) is 36.1 Å². The van der Waals surface area contributed by atoms with Crippen molar-refractivity contribution in [3.8, 4) is 11.5 Å². The lowest BCUT2D eigenvalue weighted by atomic mass is 9.77. The van der Waals surface area contributed by atoms with Gasteiger partial charge in [0.15, 0.2) is 0 Å². The predicted molar refractivity (Wildman–Crippen MR) is 169 cm³/mol. The Morgan fingerprint density at radius 1 is 0.622 bits per heavy atom. The van der Waals surface area contributed by atoms with Crippen molar-refractivity contribution in [2.75, 3.05) is 20.8 Å². The van der Waals surface area contributed by atoms with Gasteiger partial charge in [0.1, 0.15) is 17.3 Å². The monoisotopic (exact) mass is 646 g/mol. The number of rotatable bonds is 8. The lowest BCUT2D eigenvalue weighted by molar-refractivity contribution is -0.132. The molecule has 0 aliphatic carbocycles. The Morgan fingerprint density at radius 2 is 1.09 bits per heavy atom. The Balaban J connectivity index is 1.50. The highest BCUT2D eigenvalue weighted by Gasteiger charge is 2.54. The Morgan fingerprint density at radius 3 is 1.58 bits per heavy atom. The molecule has 45 heavy (non-hydrogen) atoms. The minimum absolute atomic E-state index is 0.0769. The van der Waals surface area contributed by atoms with Gasteiger partial charge in [-0.2, -0.15) is 8.61 Å². The molecule has 6 rings (SSSR count). The summed E-state index contributed by atoms with van der Waals surface area (Å²) in [5.41, 5.74) is 1.33. The lowest BCUT2D eigenvalue weighted by Gasteiger charge is -2.51. The average Bonchev–Trinajstić information content (AvgIpc) is 3.08. The molecule has 0 saturated carbocycles. The fourth-order valence-corrected chi connectivity index (χ4v) is 10.0. The molecule has 0 radical (unpaired) electrons. The van der Waals surface area contributed by atoms with E-state index in [0.717, 1.165) is 0 Å². The number of Topliss-reactive ketones (excluding diaryl/α,β-unsaturated/α-hetero) is 1. The summed E-state index contributed by atoms with van der Waals surface area (Å²) in [4.78, 5) is 14.2. The molecule has 2 heterocycles. The first-order valence-electron chi connectivity index (χ1n) is 14.6. The van der Waals surface area contributed by atoms with Crippen LogP contribution < -0.4 is 9.47 Å². The number of hydrogen-bond acceptors (Lipinski definition) is 7. The van der Waals surface area contributed by atoms with Crippen LogP contribution in [-0.2, 0) is 24.8 Å². The average molecular weight is 647 g/mol. The van der Waals surface area contributed by atoms with Gasteiger partial charge in [0.25, 0.3) is 0 Å². The molecule has 2 unspecified atom stereocenters. The summed E-state index contributed by atoms with van der Waals surface area (Å²) in [7, 11) is -5.09. The van der Waals surface area contributed by atoms with E-state index in [-0.39, 0.29) is 35.0 Å². The van der Waals surface area contributed by atoms with Gasteiger partial charge in [0.2, 0.25) is 20.0 Å². The standard InChI is InChI=1S/C34H34N2O7S2/c1-42-26-17-13-24(14-18-26)31-21-33-30(23-35(31)44(38,39)28-9-5-3-6-10-28)34(37)22-32(25-15-19-27(43-2)20-16-25)36(33)45(40,41)29-11-7-4-8-12-29/h3-20,30-33H,21-23H2,1-2H3/t30-,31?,32?,33+/m1/s1. The van der Waals surface area contributed by atoms with Crippen LogP contribution in [0.5, 0.6) is 11.5 Å². The predicted octanol–water partition coefficient (Wildman–Crippen LogP) is 5.23. The molecule has 0 aromatic heterocycles. The fourth-order valence-electron chi connectivity index (χ4n) is 6.49. The number of carbonyl (C=O) groups excluding carboxylic acids is 1. The zero-order chi connectivity index (χ0) is 31.8. The summed E-state index contributed by atoms with van der Waals surface area (Å²) in [5.74, 6) is 0.161. The molecule has 9 nitrogen and oxygen atoms in total. The normalized spacial score (nSPS) is 22.8. The van der Waals surface area contributed by atoms with Crippen LogP contribution in [0.25, 0.3) is 0 Å². The molecule has 0 amide bonds. The molecule has 0 bridgehead atoms. The molecule has 2 aliphatic rings. The van der Waals surface area contributed by atoms with Crippen molar-refractivity contribution in [3.05, 3.63) is 120 Å². The van der Waals surface area contributed by atoms with Gasteiger partial charge in [-0.25, -0.2) is 16.8 Å². The third-order valence-electron chi connectivity index (χ3n) is 8.77. The maximum Gasteiger partial charge on any atom is 0.243 e. The van der Waals surface area contributed by atoms with Crippen molar-refractivity contribution >= 4 is 25.8 Å². The largest absolute Gasteiger partial charge is 0.497 e. The van der Waals surface area contributed by atoms with Crippen LogP contribution in [-0.4, -0.2) is 58.0 Å². The van der Waals surface area contributed by atoms with Gasteiger partial charge in [-0.05, 0) is 66.1 Å². The van der Waals surface area contributed by atoms with Crippen LogP contribution in [0.4, 0.5) is 0 Å². The zero-order valence-corrected chi connectivity index (χ0v) is 26.5. The second kappa shape index (κ2) is 12.4. The molecule has 2 saturated heterocycles. The summed E-state index contributed by atoms with van der Waals surface area (Å²) in [6.45, 7) is -0.159. The van der Waals surface area contributed by atoms with E-state index in [4.69, 9.17) is 9.47 Å². The Bertz CT molecular complexity index is 1870. The van der Waals surface area contributed by atoms with Gasteiger partial charge in [-0.15, -0.1) is 0 Å². The molecule has 2 aliphatic heterocycles. The van der Waals surface area contributed by atoms with E-state index in [0.29, 0.717) is 22.6 Å². The maximum absolute atomic E-state index is 14.5. The minimum atomic E-state index is -4.13. The maximum atomic E-state index is 14.5. The third-order valence-corrected chi connectivity index (χ3v) is 12.6. The number of piperidine rings is 2. The molecule has 0 spiro atoms. The number of nitrogens with zero attached hydrogens (tertiary/aromatic N) is 2. The van der Waals surface area contributed by atoms with Crippen LogP contribution in [0.1, 0.15) is 36.1 Å². The Kier molecular flexibility index (Phi) is 8.53. The Labute approximate surface area is 264 Å². The summed E-state index contributed by atoms with van der Waals surface area (Å²) >= 11 is 0. The van der Waals surface area contributed by atoms with Crippen LogP contribution >= 0.6 is 0 Å². The van der Waals surface area contributed by atoms with E-state index in [1.807, 2.05) is 0 Å². The molecular weight excluding hydrogens is 613 g/mol. The molecule has 4 atom stereocenters. The van der Waals surface area contributed by atoms with Crippen LogP contribution in [0, 0.1) is 5.92 Å². The minimum Gasteiger partial charge on any atom is -0.497 e. The highest BCUT2D eigenvalue weighted by molar-refractivity contribution is 7.89. The zero-order valence-electron chi connectivity index (χ0n) is 24.9. The Hall–Kier alpha value is -4.03. The van der Waals surface area contributed by atoms with Crippen LogP contribution in [0.2, 0.25) is 0 Å². The van der Waals surface area contributed by atoms with E-state index >= 15 is 0 Å². The number of hydrogen-bond donors (Lipinski definition) is 0. The third kappa shape index (κ3) is 5.77. The smallest absolute Gasteiger partial charge is 0.243 e. The van der Waals surface area contributed by atoms with E-state index in [1.165, 1.54) is 20.7 Å². The lowest BCUT2D eigenvalue weighted by Crippen LogP contribution is -2.60. The van der Waals surface area contributed by atoms with Crippen molar-refractivity contribution in [1.29, 1.82) is 0 Å². The molecule has 234 valence electrons. The summed E-state index contributed by atoms with van der Waals surface area (Å²) in [5, 5.41) is 0. The van der Waals surface area contributed by atoms with Gasteiger partial charge >= 0.3 is 0 Å². The number of carbonyl (C=O) groups is 1. The highest BCUT2D eigenvalue weighted by atomic mass is 32.2. The quantitative estimate of drug-likeness (QED) is 0.258. The number of benzene rings is 4. The van der Waals surface area contributed by atoms with E-state index in [9.17, 15) is 21.6 Å². The van der Waals surface area contributed by atoms with Crippen LogP contribution in [0.15, 0.2) is 119 Å². The summed E-state index contributed by atoms with van der Waals surface area (Å²) in [6.07, 6.45) is -0.0144. The van der Waals surface area contributed by atoms with Crippen molar-refractivity contribution < 1.29 is 31.1 Å². The molecule has 11 heteroatoms. The second-order valence-corrected chi connectivity index (χ2v) is 14.9. The van der Waals surface area contributed by atoms with E-state index in [2.05, 4.69) is 0 Å².